The molecule has 2 N–H and O–H groups in total. The van der Waals surface area contributed by atoms with Crippen LogP contribution in [0.1, 0.15) is 38.2 Å². The van der Waals surface area contributed by atoms with Crippen molar-refractivity contribution >= 4 is 57.5 Å². The number of piperidine rings is 1. The van der Waals surface area contributed by atoms with Gasteiger partial charge in [0, 0.05) is 94.5 Å². The van der Waals surface area contributed by atoms with Gasteiger partial charge < -0.3 is 29.5 Å². The summed E-state index contributed by atoms with van der Waals surface area (Å²) in [6, 6.07) is 11.1. The highest BCUT2D eigenvalue weighted by Crippen LogP contribution is 2.38. The highest BCUT2D eigenvalue weighted by Gasteiger charge is 2.27. The molecule has 11 nitrogen and oxygen atoms in total. The van der Waals surface area contributed by atoms with Gasteiger partial charge in [0.1, 0.15) is 17.1 Å². The first-order valence-electron chi connectivity index (χ1n) is 16.1. The number of ether oxygens (including phenoxy) is 1. The number of nitrogens with zero attached hydrogens (tertiary/aromatic N) is 8. The molecular formula is C34H46N10OS. The van der Waals surface area contributed by atoms with Gasteiger partial charge >= 0.3 is 0 Å². The maximum Gasteiger partial charge on any atom is 0.229 e. The fourth-order valence-corrected chi connectivity index (χ4v) is 6.78. The van der Waals surface area contributed by atoms with Crippen molar-refractivity contribution in [3.63, 3.8) is 0 Å². The Bertz CT molecular complexity index is 1640. The Morgan fingerprint density at radius 3 is 2.39 bits per heavy atom. The van der Waals surface area contributed by atoms with Gasteiger partial charge in [-0.1, -0.05) is 25.8 Å². The van der Waals surface area contributed by atoms with Crippen LogP contribution in [-0.4, -0.2) is 103 Å². The number of fused-ring (bicyclic) bond motifs is 1. The van der Waals surface area contributed by atoms with Crippen LogP contribution in [0.2, 0.25) is 0 Å². The quantitative estimate of drug-likeness (QED) is 0.200. The summed E-state index contributed by atoms with van der Waals surface area (Å²) in [5.41, 5.74) is 6.54. The largest absolute Gasteiger partial charge is 0.494 e. The molecule has 2 aromatic carbocycles. The van der Waals surface area contributed by atoms with Gasteiger partial charge in [0.15, 0.2) is 0 Å². The van der Waals surface area contributed by atoms with E-state index in [4.69, 9.17) is 14.7 Å². The van der Waals surface area contributed by atoms with Crippen LogP contribution in [0, 0.1) is 0 Å². The molecule has 0 spiro atoms. The number of rotatable bonds is 10. The molecule has 0 amide bonds. The number of likely N-dealkylation sites (N-methyl/N-ethyl adjacent to an activating group) is 1. The summed E-state index contributed by atoms with van der Waals surface area (Å²) in [6.07, 6.45) is 9.76. The van der Waals surface area contributed by atoms with Crippen LogP contribution in [0.5, 0.6) is 5.75 Å². The van der Waals surface area contributed by atoms with Crippen LogP contribution >= 0.6 is 11.9 Å². The summed E-state index contributed by atoms with van der Waals surface area (Å²) < 4.78 is 7.96. The summed E-state index contributed by atoms with van der Waals surface area (Å²) in [7, 11) is 5.96. The van der Waals surface area contributed by atoms with E-state index in [0.29, 0.717) is 12.0 Å². The third-order valence-corrected chi connectivity index (χ3v) is 9.94. The van der Waals surface area contributed by atoms with Crippen molar-refractivity contribution in [3.8, 4) is 5.75 Å². The zero-order valence-corrected chi connectivity index (χ0v) is 28.6. The van der Waals surface area contributed by atoms with E-state index in [1.807, 2.05) is 31.6 Å². The molecule has 0 bridgehead atoms. The minimum absolute atomic E-state index is 0.216. The van der Waals surface area contributed by atoms with E-state index in [2.05, 4.69) is 78.7 Å². The fraction of sp³-hybridized carbons (Fsp3) is 0.471. The molecule has 46 heavy (non-hydrogen) atoms. The molecular weight excluding hydrogens is 597 g/mol. The molecule has 2 aromatic heterocycles. The van der Waals surface area contributed by atoms with Gasteiger partial charge in [-0.2, -0.15) is 4.98 Å². The van der Waals surface area contributed by atoms with Gasteiger partial charge in [-0.15, -0.1) is 0 Å². The first-order valence-corrected chi connectivity index (χ1v) is 17.3. The van der Waals surface area contributed by atoms with Gasteiger partial charge in [-0.25, -0.2) is 4.98 Å². The van der Waals surface area contributed by atoms with Crippen molar-refractivity contribution in [2.24, 2.45) is 0 Å². The molecule has 4 aromatic rings. The Kier molecular flexibility index (Phi) is 9.95. The van der Waals surface area contributed by atoms with Crippen LogP contribution in [-0.2, 0) is 0 Å². The highest BCUT2D eigenvalue weighted by molar-refractivity contribution is 7.99. The van der Waals surface area contributed by atoms with Gasteiger partial charge in [0.05, 0.1) is 29.7 Å². The average molecular weight is 643 g/mol. The maximum absolute atomic E-state index is 5.86. The summed E-state index contributed by atoms with van der Waals surface area (Å²) >= 11 is 1.61. The second kappa shape index (κ2) is 14.3. The minimum Gasteiger partial charge on any atom is -0.494 e. The standard InChI is InChI=1S/C34H46N10OS/c1-23(2)26-22-37-34(40-33(26)38-29-10-9-28-31(36-14-13-35-28)32(29)42(4)46-6)39-27-8-7-25(21-30(27)45-5)43-15-11-24(12-16-43)44-19-17-41(3)18-20-44/h7-10,13-14,21-24H,11-12,15-20H2,1-6H3,(H2,37,38,39,40). The predicted octanol–water partition coefficient (Wildman–Crippen LogP) is 5.97. The van der Waals surface area contributed by atoms with Gasteiger partial charge in [-0.05, 0) is 50.1 Å². The van der Waals surface area contributed by atoms with Crippen LogP contribution in [0.15, 0.2) is 48.9 Å². The molecule has 244 valence electrons. The number of benzene rings is 2. The Morgan fingerprint density at radius 2 is 1.67 bits per heavy atom. The van der Waals surface area contributed by atoms with Gasteiger partial charge in [0.2, 0.25) is 5.95 Å². The molecule has 2 aliphatic heterocycles. The van der Waals surface area contributed by atoms with Gasteiger partial charge in [0.25, 0.3) is 0 Å². The van der Waals surface area contributed by atoms with Crippen LogP contribution in [0.3, 0.4) is 0 Å². The molecule has 0 unspecified atom stereocenters. The molecule has 2 fully saturated rings. The average Bonchev–Trinajstić information content (AvgIpc) is 3.08. The smallest absolute Gasteiger partial charge is 0.229 e. The van der Waals surface area contributed by atoms with E-state index >= 15 is 0 Å². The summed E-state index contributed by atoms with van der Waals surface area (Å²) in [5, 5.41) is 7.03. The Morgan fingerprint density at radius 1 is 0.935 bits per heavy atom. The van der Waals surface area contributed by atoms with Crippen molar-refractivity contribution < 1.29 is 4.74 Å². The number of aromatic nitrogens is 4. The molecule has 2 aliphatic rings. The molecule has 0 radical (unpaired) electrons. The van der Waals surface area contributed by atoms with Crippen molar-refractivity contribution in [1.29, 1.82) is 0 Å². The van der Waals surface area contributed by atoms with E-state index in [1.54, 1.807) is 31.5 Å². The lowest BCUT2D eigenvalue weighted by atomic mass is 10.0. The summed E-state index contributed by atoms with van der Waals surface area (Å²) in [4.78, 5) is 26.4. The van der Waals surface area contributed by atoms with E-state index in [9.17, 15) is 0 Å². The summed E-state index contributed by atoms with van der Waals surface area (Å²) in [6.45, 7) is 11.1. The molecule has 0 aliphatic carbocycles. The summed E-state index contributed by atoms with van der Waals surface area (Å²) in [5.74, 6) is 2.21. The van der Waals surface area contributed by atoms with E-state index < -0.39 is 0 Å². The number of hydrogen-bond acceptors (Lipinski definition) is 12. The Labute approximate surface area is 276 Å². The second-order valence-electron chi connectivity index (χ2n) is 12.4. The number of anilines is 6. The zero-order valence-electron chi connectivity index (χ0n) is 27.8. The monoisotopic (exact) mass is 642 g/mol. The van der Waals surface area contributed by atoms with Gasteiger partial charge in [-0.3, -0.25) is 14.9 Å². The van der Waals surface area contributed by atoms with Crippen molar-refractivity contribution in [2.75, 3.05) is 86.6 Å². The first kappa shape index (κ1) is 32.1. The predicted molar refractivity (Wildman–Crippen MR) is 191 cm³/mol. The van der Waals surface area contributed by atoms with Crippen LogP contribution in [0.25, 0.3) is 11.0 Å². The van der Waals surface area contributed by atoms with Crippen LogP contribution < -0.4 is 24.6 Å². The van der Waals surface area contributed by atoms with E-state index in [-0.39, 0.29) is 5.92 Å². The van der Waals surface area contributed by atoms with Crippen molar-refractivity contribution in [1.82, 2.24) is 29.7 Å². The number of methoxy groups -OCH3 is 1. The van der Waals surface area contributed by atoms with Crippen molar-refractivity contribution in [2.45, 2.75) is 38.6 Å². The minimum atomic E-state index is 0.216. The molecule has 12 heteroatoms. The molecule has 0 saturated carbocycles. The Balaban J connectivity index is 1.21. The SMILES string of the molecule is COc1cc(N2CCC(N3CCN(C)CC3)CC2)ccc1Nc1ncc(C(C)C)c(Nc2ccc3nccnc3c2N(C)SC)n1. The molecule has 6 rings (SSSR count). The normalized spacial score (nSPS) is 16.6. The zero-order chi connectivity index (χ0) is 32.2. The topological polar surface area (TPSA) is 97.8 Å². The first-order chi connectivity index (χ1) is 22.3. The third-order valence-electron chi connectivity index (χ3n) is 9.21. The molecule has 0 atom stereocenters. The maximum atomic E-state index is 5.86. The lowest BCUT2D eigenvalue weighted by molar-refractivity contribution is 0.0982. The lowest BCUT2D eigenvalue weighted by Crippen LogP contribution is -2.52. The second-order valence-corrected chi connectivity index (χ2v) is 13.3. The van der Waals surface area contributed by atoms with Crippen LogP contribution in [0.4, 0.5) is 34.5 Å². The number of nitrogens with one attached hydrogen (secondary N) is 2. The Hall–Kier alpha value is -3.87. The molecule has 2 saturated heterocycles. The van der Waals surface area contributed by atoms with Crippen molar-refractivity contribution in [3.05, 3.63) is 54.5 Å². The third kappa shape index (κ3) is 6.93. The lowest BCUT2D eigenvalue weighted by Gasteiger charge is -2.42. The van der Waals surface area contributed by atoms with E-state index in [1.165, 1.54) is 44.7 Å². The number of piperazine rings is 1. The fourth-order valence-electron chi connectivity index (χ4n) is 6.41. The molecule has 4 heterocycles. The highest BCUT2D eigenvalue weighted by atomic mass is 32.2. The van der Waals surface area contributed by atoms with E-state index in [0.717, 1.165) is 58.3 Å². The number of hydrogen-bond donors (Lipinski definition) is 2.